The molecular weight excluding hydrogens is 319 g/mol. The number of hydrogen-bond donors (Lipinski definition) is 2. The molecule has 1 fully saturated rings. The molecule has 0 amide bonds. The maximum Gasteiger partial charge on any atom is 0.134 e. The number of nitrogens with zero attached hydrogens (tertiary/aromatic N) is 3. The molecule has 2 heterocycles. The number of rotatable bonds is 4. The van der Waals surface area contributed by atoms with E-state index in [-0.39, 0.29) is 6.04 Å². The standard InChI is InChI=1S/C16H20ClFN4O/c1-22-7-4-13(21-22)12-9-19-15(17)8-14(12)20-11-2-5-16(18,10-23)6-3-11/h4,7-9,11,23H,2-3,5-6,10H2,1H3,(H,19,20). The van der Waals surface area contributed by atoms with Crippen LogP contribution in [0.2, 0.25) is 5.15 Å². The highest BCUT2D eigenvalue weighted by atomic mass is 35.5. The Balaban J connectivity index is 1.79. The normalized spacial score (nSPS) is 24.6. The van der Waals surface area contributed by atoms with E-state index >= 15 is 0 Å². The lowest BCUT2D eigenvalue weighted by molar-refractivity contribution is 0.0337. The summed E-state index contributed by atoms with van der Waals surface area (Å²) < 4.78 is 15.8. The highest BCUT2D eigenvalue weighted by Crippen LogP contribution is 2.35. The maximum absolute atomic E-state index is 14.1. The molecule has 23 heavy (non-hydrogen) atoms. The Morgan fingerprint density at radius 2 is 2.22 bits per heavy atom. The van der Waals surface area contributed by atoms with Gasteiger partial charge in [-0.2, -0.15) is 5.10 Å². The summed E-state index contributed by atoms with van der Waals surface area (Å²) in [5.41, 5.74) is 1.10. The molecule has 0 bridgehead atoms. The van der Waals surface area contributed by atoms with Gasteiger partial charge in [-0.25, -0.2) is 9.37 Å². The number of aliphatic hydroxyl groups excluding tert-OH is 1. The Morgan fingerprint density at radius 3 is 2.83 bits per heavy atom. The Labute approximate surface area is 139 Å². The van der Waals surface area contributed by atoms with Crippen LogP contribution >= 0.6 is 11.6 Å². The van der Waals surface area contributed by atoms with E-state index in [9.17, 15) is 4.39 Å². The lowest BCUT2D eigenvalue weighted by Gasteiger charge is -2.33. The fourth-order valence-electron chi connectivity index (χ4n) is 2.97. The molecule has 2 N–H and O–H groups in total. The highest BCUT2D eigenvalue weighted by Gasteiger charge is 2.34. The summed E-state index contributed by atoms with van der Waals surface area (Å²) in [6.45, 7) is -0.403. The summed E-state index contributed by atoms with van der Waals surface area (Å²) >= 11 is 6.03. The van der Waals surface area contributed by atoms with E-state index in [2.05, 4.69) is 15.4 Å². The summed E-state index contributed by atoms with van der Waals surface area (Å²) in [6.07, 6.45) is 5.62. The smallest absolute Gasteiger partial charge is 0.134 e. The Bertz CT molecular complexity index is 682. The van der Waals surface area contributed by atoms with Crippen molar-refractivity contribution in [2.45, 2.75) is 37.4 Å². The van der Waals surface area contributed by atoms with Gasteiger partial charge in [-0.1, -0.05) is 11.6 Å². The third-order valence-corrected chi connectivity index (χ3v) is 4.59. The average molecular weight is 339 g/mol. The first-order valence-electron chi connectivity index (χ1n) is 7.71. The van der Waals surface area contributed by atoms with Crippen LogP contribution < -0.4 is 5.32 Å². The zero-order chi connectivity index (χ0) is 16.4. The second-order valence-electron chi connectivity index (χ2n) is 6.15. The average Bonchev–Trinajstić information content (AvgIpc) is 2.96. The van der Waals surface area contributed by atoms with Crippen molar-refractivity contribution in [3.8, 4) is 11.3 Å². The van der Waals surface area contributed by atoms with E-state index < -0.39 is 12.3 Å². The molecule has 0 atom stereocenters. The molecule has 5 nitrogen and oxygen atoms in total. The molecule has 7 heteroatoms. The van der Waals surface area contributed by atoms with Crippen LogP contribution in [-0.2, 0) is 7.05 Å². The quantitative estimate of drug-likeness (QED) is 0.840. The molecule has 0 aromatic carbocycles. The molecule has 0 radical (unpaired) electrons. The first-order valence-corrected chi connectivity index (χ1v) is 8.09. The number of aromatic nitrogens is 3. The number of pyridine rings is 1. The summed E-state index contributed by atoms with van der Waals surface area (Å²) in [5, 5.41) is 17.4. The van der Waals surface area contributed by atoms with E-state index in [0.717, 1.165) is 16.9 Å². The molecule has 2 aromatic heterocycles. The fraction of sp³-hybridized carbons (Fsp3) is 0.500. The van der Waals surface area contributed by atoms with Gasteiger partial charge in [0.2, 0.25) is 0 Å². The summed E-state index contributed by atoms with van der Waals surface area (Å²) in [6, 6.07) is 3.83. The van der Waals surface area contributed by atoms with Gasteiger partial charge >= 0.3 is 0 Å². The maximum atomic E-state index is 14.1. The van der Waals surface area contributed by atoms with Crippen LogP contribution in [0.5, 0.6) is 0 Å². The van der Waals surface area contributed by atoms with Gasteiger partial charge in [0, 0.05) is 36.7 Å². The molecule has 1 aliphatic carbocycles. The molecule has 0 spiro atoms. The predicted octanol–water partition coefficient (Wildman–Crippen LogP) is 3.19. The largest absolute Gasteiger partial charge is 0.393 e. The fourth-order valence-corrected chi connectivity index (χ4v) is 3.13. The van der Waals surface area contributed by atoms with E-state index in [1.54, 1.807) is 16.9 Å². The Hall–Kier alpha value is -1.66. The molecule has 1 saturated carbocycles. The Kier molecular flexibility index (Phi) is 4.55. The van der Waals surface area contributed by atoms with Gasteiger partial charge in [0.25, 0.3) is 0 Å². The number of hydrogen-bond acceptors (Lipinski definition) is 4. The first kappa shape index (κ1) is 16.2. The highest BCUT2D eigenvalue weighted by molar-refractivity contribution is 6.29. The second kappa shape index (κ2) is 6.45. The summed E-state index contributed by atoms with van der Waals surface area (Å²) in [5.74, 6) is 0. The number of aryl methyl sites for hydroxylation is 1. The zero-order valence-corrected chi connectivity index (χ0v) is 13.7. The van der Waals surface area contributed by atoms with Gasteiger partial charge in [0.1, 0.15) is 10.8 Å². The number of halogens is 2. The Morgan fingerprint density at radius 1 is 1.48 bits per heavy atom. The predicted molar refractivity (Wildman–Crippen MR) is 88.3 cm³/mol. The zero-order valence-electron chi connectivity index (χ0n) is 13.0. The molecule has 1 aliphatic rings. The van der Waals surface area contributed by atoms with E-state index in [4.69, 9.17) is 16.7 Å². The lowest BCUT2D eigenvalue weighted by Crippen LogP contribution is -2.37. The van der Waals surface area contributed by atoms with Crippen molar-refractivity contribution in [2.75, 3.05) is 11.9 Å². The monoisotopic (exact) mass is 338 g/mol. The third kappa shape index (κ3) is 3.64. The number of aliphatic hydroxyl groups is 1. The van der Waals surface area contributed by atoms with Crippen molar-refractivity contribution in [1.29, 1.82) is 0 Å². The molecule has 0 saturated heterocycles. The molecule has 124 valence electrons. The van der Waals surface area contributed by atoms with Crippen molar-refractivity contribution in [3.63, 3.8) is 0 Å². The van der Waals surface area contributed by atoms with Crippen LogP contribution in [0.25, 0.3) is 11.3 Å². The molecule has 0 unspecified atom stereocenters. The topological polar surface area (TPSA) is 63.0 Å². The van der Waals surface area contributed by atoms with Crippen LogP contribution in [0, 0.1) is 0 Å². The third-order valence-electron chi connectivity index (χ3n) is 4.38. The van der Waals surface area contributed by atoms with Crippen molar-refractivity contribution in [2.24, 2.45) is 7.05 Å². The van der Waals surface area contributed by atoms with Crippen molar-refractivity contribution >= 4 is 17.3 Å². The van der Waals surface area contributed by atoms with Crippen LogP contribution in [-0.4, -0.2) is 38.2 Å². The van der Waals surface area contributed by atoms with E-state index in [1.807, 2.05) is 19.3 Å². The van der Waals surface area contributed by atoms with Crippen LogP contribution in [0.3, 0.4) is 0 Å². The van der Waals surface area contributed by atoms with Crippen LogP contribution in [0.15, 0.2) is 24.5 Å². The minimum atomic E-state index is -1.43. The van der Waals surface area contributed by atoms with Gasteiger partial charge in [-0.3, -0.25) is 4.68 Å². The molecular formula is C16H20ClFN4O. The second-order valence-corrected chi connectivity index (χ2v) is 6.54. The van der Waals surface area contributed by atoms with Crippen molar-refractivity contribution in [1.82, 2.24) is 14.8 Å². The van der Waals surface area contributed by atoms with Gasteiger partial charge in [-0.05, 0) is 37.8 Å². The van der Waals surface area contributed by atoms with Crippen LogP contribution in [0.4, 0.5) is 10.1 Å². The van der Waals surface area contributed by atoms with Gasteiger partial charge in [0.05, 0.1) is 12.3 Å². The number of alkyl halides is 1. The minimum Gasteiger partial charge on any atom is -0.393 e. The minimum absolute atomic E-state index is 0.145. The lowest BCUT2D eigenvalue weighted by atomic mass is 9.84. The van der Waals surface area contributed by atoms with Gasteiger partial charge < -0.3 is 10.4 Å². The number of anilines is 1. The summed E-state index contributed by atoms with van der Waals surface area (Å²) in [4.78, 5) is 4.14. The van der Waals surface area contributed by atoms with Crippen molar-refractivity contribution in [3.05, 3.63) is 29.7 Å². The van der Waals surface area contributed by atoms with Crippen LogP contribution in [0.1, 0.15) is 25.7 Å². The van der Waals surface area contributed by atoms with E-state index in [1.165, 1.54) is 0 Å². The van der Waals surface area contributed by atoms with E-state index in [0.29, 0.717) is 30.8 Å². The number of nitrogens with one attached hydrogen (secondary N) is 1. The molecule has 0 aliphatic heterocycles. The van der Waals surface area contributed by atoms with Gasteiger partial charge in [0.15, 0.2) is 0 Å². The van der Waals surface area contributed by atoms with Gasteiger partial charge in [-0.15, -0.1) is 0 Å². The summed E-state index contributed by atoms with van der Waals surface area (Å²) in [7, 11) is 1.86. The molecule has 2 aromatic rings. The SMILES string of the molecule is Cn1ccc(-c2cnc(Cl)cc2NC2CCC(F)(CO)CC2)n1. The first-order chi connectivity index (χ1) is 11.0. The molecule has 3 rings (SSSR count). The van der Waals surface area contributed by atoms with Crippen molar-refractivity contribution < 1.29 is 9.50 Å².